The summed E-state index contributed by atoms with van der Waals surface area (Å²) in [6.07, 6.45) is 0. The molecule has 1 heterocycles. The zero-order valence-electron chi connectivity index (χ0n) is 8.11. The van der Waals surface area contributed by atoms with Crippen molar-refractivity contribution in [2.45, 2.75) is 6.92 Å². The molecular formula is C9H12N2O3. The first-order chi connectivity index (χ1) is 6.67. The summed E-state index contributed by atoms with van der Waals surface area (Å²) < 4.78 is 9.63. The number of ether oxygens (including phenoxy) is 2. The largest absolute Gasteiger partial charge is 0.481 e. The van der Waals surface area contributed by atoms with Gasteiger partial charge in [0.2, 0.25) is 5.88 Å². The number of nitrogens with zero attached hydrogens (tertiary/aromatic N) is 1. The number of anilines is 1. The van der Waals surface area contributed by atoms with Crippen LogP contribution in [-0.2, 0) is 4.74 Å². The van der Waals surface area contributed by atoms with Crippen molar-refractivity contribution < 1.29 is 14.3 Å². The van der Waals surface area contributed by atoms with E-state index >= 15 is 0 Å². The molecule has 0 bridgehead atoms. The predicted molar refractivity (Wildman–Crippen MR) is 51.2 cm³/mol. The van der Waals surface area contributed by atoms with Crippen LogP contribution in [0.2, 0.25) is 0 Å². The zero-order valence-corrected chi connectivity index (χ0v) is 8.11. The van der Waals surface area contributed by atoms with Crippen LogP contribution in [0.25, 0.3) is 0 Å². The minimum Gasteiger partial charge on any atom is -0.481 e. The quantitative estimate of drug-likeness (QED) is 0.725. The van der Waals surface area contributed by atoms with Crippen LogP contribution in [0.4, 0.5) is 5.69 Å². The molecule has 1 aromatic rings. The molecule has 2 N–H and O–H groups in total. The lowest BCUT2D eigenvalue weighted by atomic mass is 10.3. The van der Waals surface area contributed by atoms with Crippen LogP contribution in [0.1, 0.15) is 17.4 Å². The first-order valence-corrected chi connectivity index (χ1v) is 4.16. The van der Waals surface area contributed by atoms with Gasteiger partial charge in [0.15, 0.2) is 5.69 Å². The number of hydrogen-bond acceptors (Lipinski definition) is 5. The third kappa shape index (κ3) is 2.35. The molecule has 0 aromatic carbocycles. The average Bonchev–Trinajstić information content (AvgIpc) is 2.17. The summed E-state index contributed by atoms with van der Waals surface area (Å²) in [4.78, 5) is 15.2. The van der Waals surface area contributed by atoms with E-state index in [0.29, 0.717) is 18.2 Å². The SMILES string of the molecule is CCOC(=O)c1cc(N)cc(OC)n1. The Hall–Kier alpha value is -1.78. The van der Waals surface area contributed by atoms with Gasteiger partial charge in [0.1, 0.15) is 0 Å². The minimum atomic E-state index is -0.502. The smallest absolute Gasteiger partial charge is 0.357 e. The monoisotopic (exact) mass is 196 g/mol. The molecule has 0 unspecified atom stereocenters. The van der Waals surface area contributed by atoms with E-state index in [4.69, 9.17) is 15.2 Å². The van der Waals surface area contributed by atoms with Gasteiger partial charge < -0.3 is 15.2 Å². The van der Waals surface area contributed by atoms with E-state index in [1.54, 1.807) is 6.92 Å². The zero-order chi connectivity index (χ0) is 10.6. The predicted octanol–water partition coefficient (Wildman–Crippen LogP) is 0.849. The average molecular weight is 196 g/mol. The maximum Gasteiger partial charge on any atom is 0.357 e. The third-order valence-electron chi connectivity index (χ3n) is 1.52. The Morgan fingerprint density at radius 1 is 1.57 bits per heavy atom. The Labute approximate surface area is 81.8 Å². The summed E-state index contributed by atoms with van der Waals surface area (Å²) in [5, 5.41) is 0. The fourth-order valence-corrected chi connectivity index (χ4v) is 0.940. The molecule has 1 rings (SSSR count). The Morgan fingerprint density at radius 2 is 2.29 bits per heavy atom. The molecule has 14 heavy (non-hydrogen) atoms. The van der Waals surface area contributed by atoms with Crippen LogP contribution in [0.15, 0.2) is 12.1 Å². The second kappa shape index (κ2) is 4.45. The molecule has 5 heteroatoms. The Morgan fingerprint density at radius 3 is 2.86 bits per heavy atom. The molecule has 0 aliphatic rings. The van der Waals surface area contributed by atoms with E-state index < -0.39 is 5.97 Å². The van der Waals surface area contributed by atoms with Crippen LogP contribution in [0, 0.1) is 0 Å². The Kier molecular flexibility index (Phi) is 3.28. The molecule has 0 radical (unpaired) electrons. The van der Waals surface area contributed by atoms with Gasteiger partial charge in [0.05, 0.1) is 13.7 Å². The van der Waals surface area contributed by atoms with Crippen molar-refractivity contribution in [2.24, 2.45) is 0 Å². The molecule has 0 fully saturated rings. The Bertz CT molecular complexity index is 339. The molecule has 0 spiro atoms. The number of aromatic nitrogens is 1. The number of esters is 1. The van der Waals surface area contributed by atoms with Gasteiger partial charge >= 0.3 is 5.97 Å². The molecule has 0 saturated heterocycles. The second-order valence-corrected chi connectivity index (χ2v) is 2.55. The van der Waals surface area contributed by atoms with Gasteiger partial charge in [0, 0.05) is 11.8 Å². The van der Waals surface area contributed by atoms with E-state index in [0.717, 1.165) is 0 Å². The van der Waals surface area contributed by atoms with Crippen molar-refractivity contribution in [1.82, 2.24) is 4.98 Å². The lowest BCUT2D eigenvalue weighted by Crippen LogP contribution is -2.08. The second-order valence-electron chi connectivity index (χ2n) is 2.55. The standard InChI is InChI=1S/C9H12N2O3/c1-3-14-9(12)7-4-6(10)5-8(11-7)13-2/h4-5H,3H2,1-2H3,(H2,10,11). The number of hydrogen-bond donors (Lipinski definition) is 1. The number of nitrogens with two attached hydrogens (primary N) is 1. The minimum absolute atomic E-state index is 0.156. The highest BCUT2D eigenvalue weighted by atomic mass is 16.5. The molecule has 76 valence electrons. The topological polar surface area (TPSA) is 74.4 Å². The highest BCUT2D eigenvalue weighted by Gasteiger charge is 2.10. The lowest BCUT2D eigenvalue weighted by Gasteiger charge is -2.04. The molecule has 0 atom stereocenters. The summed E-state index contributed by atoms with van der Waals surface area (Å²) in [5.74, 6) is -0.203. The van der Waals surface area contributed by atoms with Gasteiger partial charge in [0.25, 0.3) is 0 Å². The summed E-state index contributed by atoms with van der Waals surface area (Å²) in [6, 6.07) is 2.98. The number of pyridine rings is 1. The van der Waals surface area contributed by atoms with Crippen LogP contribution in [-0.4, -0.2) is 24.7 Å². The maximum atomic E-state index is 11.3. The third-order valence-corrected chi connectivity index (χ3v) is 1.52. The van der Waals surface area contributed by atoms with Crippen LogP contribution in [0.3, 0.4) is 0 Å². The van der Waals surface area contributed by atoms with E-state index in [2.05, 4.69) is 4.98 Å². The highest BCUT2D eigenvalue weighted by Crippen LogP contribution is 2.14. The fraction of sp³-hybridized carbons (Fsp3) is 0.333. The number of methoxy groups -OCH3 is 1. The summed E-state index contributed by atoms with van der Waals surface area (Å²) in [6.45, 7) is 2.03. The van der Waals surface area contributed by atoms with Crippen molar-refractivity contribution in [2.75, 3.05) is 19.5 Å². The summed E-state index contributed by atoms with van der Waals surface area (Å²) >= 11 is 0. The van der Waals surface area contributed by atoms with E-state index in [1.807, 2.05) is 0 Å². The van der Waals surface area contributed by atoms with Crippen molar-refractivity contribution in [3.8, 4) is 5.88 Å². The summed E-state index contributed by atoms with van der Waals surface area (Å²) in [7, 11) is 1.46. The van der Waals surface area contributed by atoms with Crippen molar-refractivity contribution in [3.05, 3.63) is 17.8 Å². The first kappa shape index (κ1) is 10.3. The molecule has 1 aromatic heterocycles. The van der Waals surface area contributed by atoms with Gasteiger partial charge in [-0.3, -0.25) is 0 Å². The fourth-order valence-electron chi connectivity index (χ4n) is 0.940. The maximum absolute atomic E-state index is 11.3. The number of rotatable bonds is 3. The number of carbonyl (C=O) groups is 1. The van der Waals surface area contributed by atoms with E-state index in [1.165, 1.54) is 19.2 Å². The summed E-state index contributed by atoms with van der Waals surface area (Å²) in [5.41, 5.74) is 6.11. The number of carbonyl (C=O) groups excluding carboxylic acids is 1. The molecule has 5 nitrogen and oxygen atoms in total. The van der Waals surface area contributed by atoms with Gasteiger partial charge in [-0.1, -0.05) is 0 Å². The van der Waals surface area contributed by atoms with Crippen LogP contribution >= 0.6 is 0 Å². The van der Waals surface area contributed by atoms with Gasteiger partial charge in [-0.15, -0.1) is 0 Å². The van der Waals surface area contributed by atoms with Crippen LogP contribution < -0.4 is 10.5 Å². The molecule has 0 saturated carbocycles. The highest BCUT2D eigenvalue weighted by molar-refractivity contribution is 5.88. The molecular weight excluding hydrogens is 184 g/mol. The van der Waals surface area contributed by atoms with Gasteiger partial charge in [-0.05, 0) is 13.0 Å². The molecule has 0 aliphatic heterocycles. The molecule has 0 amide bonds. The van der Waals surface area contributed by atoms with Gasteiger partial charge in [-0.25, -0.2) is 9.78 Å². The van der Waals surface area contributed by atoms with E-state index in [-0.39, 0.29) is 5.69 Å². The molecule has 0 aliphatic carbocycles. The number of nitrogen functional groups attached to an aromatic ring is 1. The van der Waals surface area contributed by atoms with Crippen molar-refractivity contribution in [1.29, 1.82) is 0 Å². The van der Waals surface area contributed by atoms with Crippen molar-refractivity contribution in [3.63, 3.8) is 0 Å². The first-order valence-electron chi connectivity index (χ1n) is 4.16. The lowest BCUT2D eigenvalue weighted by molar-refractivity contribution is 0.0518. The van der Waals surface area contributed by atoms with E-state index in [9.17, 15) is 4.79 Å². The van der Waals surface area contributed by atoms with Gasteiger partial charge in [-0.2, -0.15) is 0 Å². The van der Waals surface area contributed by atoms with Crippen molar-refractivity contribution >= 4 is 11.7 Å². The normalized spacial score (nSPS) is 9.57. The van der Waals surface area contributed by atoms with Crippen LogP contribution in [0.5, 0.6) is 5.88 Å². The Balaban J connectivity index is 2.96.